The normalized spacial score (nSPS) is 11.9. The highest BCUT2D eigenvalue weighted by atomic mass is 35.5. The molecule has 1 unspecified atom stereocenters. The molecule has 100 valence electrons. The highest BCUT2D eigenvalue weighted by Gasteiger charge is 2.04. The molecule has 1 aromatic carbocycles. The zero-order chi connectivity index (χ0) is 13.8. The minimum absolute atomic E-state index is 0.0295. The number of aromatic nitrogens is 3. The Morgan fingerprint density at radius 3 is 2.21 bits per heavy atom. The third kappa shape index (κ3) is 4.28. The molecule has 0 spiro atoms. The van der Waals surface area contributed by atoms with Crippen LogP contribution in [0.25, 0.3) is 0 Å². The summed E-state index contributed by atoms with van der Waals surface area (Å²) in [5.41, 5.74) is 0.620. The van der Waals surface area contributed by atoms with Crippen LogP contribution < -0.4 is 9.50 Å². The maximum atomic E-state index is 10.4. The van der Waals surface area contributed by atoms with Crippen molar-refractivity contribution in [3.05, 3.63) is 34.8 Å². The number of benzene rings is 1. The van der Waals surface area contributed by atoms with Crippen LogP contribution in [0.3, 0.4) is 0 Å². The van der Waals surface area contributed by atoms with E-state index in [0.29, 0.717) is 5.69 Å². The third-order valence-electron chi connectivity index (χ3n) is 1.86. The molecular weight excluding hydrogens is 315 g/mol. The average molecular weight is 321 g/mol. The summed E-state index contributed by atoms with van der Waals surface area (Å²) in [7, 11) is 0. The van der Waals surface area contributed by atoms with Crippen molar-refractivity contribution >= 4 is 46.2 Å². The summed E-state index contributed by atoms with van der Waals surface area (Å²) in [5.74, 6) is 0.433. The zero-order valence-electron chi connectivity index (χ0n) is 9.08. The molecule has 19 heavy (non-hydrogen) atoms. The van der Waals surface area contributed by atoms with Gasteiger partial charge in [0, 0.05) is 5.69 Å². The molecule has 2 aromatic rings. The van der Waals surface area contributed by atoms with Crippen LogP contribution in [0.2, 0.25) is 10.6 Å². The number of nitrogens with one attached hydrogen (secondary N) is 1. The van der Waals surface area contributed by atoms with E-state index in [1.54, 1.807) is 12.1 Å². The van der Waals surface area contributed by atoms with Crippen LogP contribution in [0.15, 0.2) is 24.3 Å². The summed E-state index contributed by atoms with van der Waals surface area (Å²) >= 11 is 8.91. The number of halogens is 2. The van der Waals surface area contributed by atoms with Crippen molar-refractivity contribution in [1.29, 1.82) is 0 Å². The van der Waals surface area contributed by atoms with Gasteiger partial charge in [0.25, 0.3) is 0 Å². The second-order valence-electron chi connectivity index (χ2n) is 3.15. The number of nitrogens with zero attached hydrogens (tertiary/aromatic N) is 3. The summed E-state index contributed by atoms with van der Waals surface area (Å²) in [6.45, 7) is 0. The Labute approximate surface area is 120 Å². The molecule has 0 aliphatic carbocycles. The minimum Gasteiger partial charge on any atom is -0.380 e. The van der Waals surface area contributed by atoms with Crippen molar-refractivity contribution in [1.82, 2.24) is 15.0 Å². The highest BCUT2D eigenvalue weighted by Crippen LogP contribution is 2.19. The third-order valence-corrected chi connectivity index (χ3v) is 2.53. The Morgan fingerprint density at radius 2 is 1.68 bits per heavy atom. The second-order valence-corrected chi connectivity index (χ2v) is 4.42. The first-order valence-corrected chi connectivity index (χ1v) is 6.55. The Bertz CT molecular complexity index is 591. The molecule has 0 amide bonds. The van der Waals surface area contributed by atoms with E-state index in [1.165, 1.54) is 12.1 Å². The SMILES string of the molecule is O=S(O)Oc1ccc(Nc2nc(Cl)nc(Cl)n2)cc1. The van der Waals surface area contributed by atoms with E-state index in [0.717, 1.165) is 0 Å². The molecule has 1 heterocycles. The lowest BCUT2D eigenvalue weighted by atomic mass is 10.3. The van der Waals surface area contributed by atoms with Crippen molar-refractivity contribution in [3.63, 3.8) is 0 Å². The summed E-state index contributed by atoms with van der Waals surface area (Å²) < 4.78 is 23.6. The monoisotopic (exact) mass is 320 g/mol. The Hall–Kier alpha value is -1.48. The molecule has 0 saturated carbocycles. The van der Waals surface area contributed by atoms with Crippen LogP contribution in [-0.4, -0.2) is 23.7 Å². The fourth-order valence-corrected chi connectivity index (χ4v) is 1.83. The molecule has 0 aliphatic rings. The molecule has 0 aliphatic heterocycles. The van der Waals surface area contributed by atoms with Crippen LogP contribution in [-0.2, 0) is 11.4 Å². The van der Waals surface area contributed by atoms with E-state index in [9.17, 15) is 4.21 Å². The van der Waals surface area contributed by atoms with E-state index < -0.39 is 11.4 Å². The number of anilines is 2. The van der Waals surface area contributed by atoms with Crippen LogP contribution in [0.4, 0.5) is 11.6 Å². The van der Waals surface area contributed by atoms with Gasteiger partial charge in [0.1, 0.15) is 5.75 Å². The summed E-state index contributed by atoms with van der Waals surface area (Å²) in [6.07, 6.45) is 0. The van der Waals surface area contributed by atoms with Crippen molar-refractivity contribution in [2.75, 3.05) is 5.32 Å². The molecule has 2 N–H and O–H groups in total. The summed E-state index contributed by atoms with van der Waals surface area (Å²) in [6, 6.07) is 6.21. The zero-order valence-corrected chi connectivity index (χ0v) is 11.4. The average Bonchev–Trinajstić information content (AvgIpc) is 2.29. The Morgan fingerprint density at radius 1 is 1.11 bits per heavy atom. The first-order chi connectivity index (χ1) is 9.02. The topological polar surface area (TPSA) is 97.2 Å². The van der Waals surface area contributed by atoms with E-state index in [1.807, 2.05) is 0 Å². The first kappa shape index (κ1) is 13.9. The molecule has 10 heteroatoms. The van der Waals surface area contributed by atoms with Crippen LogP contribution in [0.1, 0.15) is 0 Å². The summed E-state index contributed by atoms with van der Waals surface area (Å²) in [5, 5.41) is 2.78. The van der Waals surface area contributed by atoms with Gasteiger partial charge in [-0.15, -0.1) is 0 Å². The first-order valence-electron chi connectivity index (χ1n) is 4.76. The fourth-order valence-electron chi connectivity index (χ4n) is 1.19. The van der Waals surface area contributed by atoms with Crippen LogP contribution in [0.5, 0.6) is 5.75 Å². The van der Waals surface area contributed by atoms with Gasteiger partial charge in [0.05, 0.1) is 0 Å². The molecule has 0 fully saturated rings. The second kappa shape index (κ2) is 6.11. The number of hydrogen-bond acceptors (Lipinski definition) is 6. The Balaban J connectivity index is 2.12. The van der Waals surface area contributed by atoms with Gasteiger partial charge >= 0.3 is 11.4 Å². The van der Waals surface area contributed by atoms with E-state index >= 15 is 0 Å². The highest BCUT2D eigenvalue weighted by molar-refractivity contribution is 7.74. The molecule has 0 bridgehead atoms. The molecule has 1 aromatic heterocycles. The van der Waals surface area contributed by atoms with E-state index in [2.05, 4.69) is 24.5 Å². The van der Waals surface area contributed by atoms with Crippen LogP contribution >= 0.6 is 23.2 Å². The predicted molar refractivity (Wildman–Crippen MR) is 71.0 cm³/mol. The fraction of sp³-hybridized carbons (Fsp3) is 0. The van der Waals surface area contributed by atoms with Gasteiger partial charge in [-0.05, 0) is 47.5 Å². The van der Waals surface area contributed by atoms with Crippen molar-refractivity contribution in [2.24, 2.45) is 0 Å². The molecule has 7 nitrogen and oxygen atoms in total. The molecule has 0 radical (unpaired) electrons. The number of rotatable bonds is 4. The van der Waals surface area contributed by atoms with Crippen molar-refractivity contribution in [3.8, 4) is 5.75 Å². The maximum Gasteiger partial charge on any atom is 0.357 e. The van der Waals surface area contributed by atoms with E-state index in [4.69, 9.17) is 27.8 Å². The lowest BCUT2D eigenvalue weighted by Crippen LogP contribution is -2.00. The van der Waals surface area contributed by atoms with Gasteiger partial charge < -0.3 is 9.50 Å². The summed E-state index contributed by atoms with van der Waals surface area (Å²) in [4.78, 5) is 11.3. The standard InChI is InChI=1S/C9H6Cl2N4O3S/c10-7-13-8(11)15-9(14-7)12-5-1-3-6(4-2-5)18-19(16)17/h1-4H,(H,16,17)(H,12,13,14,15). The van der Waals surface area contributed by atoms with Gasteiger partial charge in [-0.3, -0.25) is 4.55 Å². The predicted octanol–water partition coefficient (Wildman–Crippen LogP) is 2.44. The van der Waals surface area contributed by atoms with Gasteiger partial charge in [0.2, 0.25) is 16.5 Å². The molecule has 1 atom stereocenters. The van der Waals surface area contributed by atoms with Crippen molar-refractivity contribution < 1.29 is 12.9 Å². The van der Waals surface area contributed by atoms with E-state index in [-0.39, 0.29) is 22.3 Å². The minimum atomic E-state index is -2.36. The van der Waals surface area contributed by atoms with Crippen molar-refractivity contribution in [2.45, 2.75) is 0 Å². The van der Waals surface area contributed by atoms with Gasteiger partial charge in [-0.1, -0.05) is 0 Å². The molecular formula is C9H6Cl2N4O3S. The lowest BCUT2D eigenvalue weighted by molar-refractivity contribution is 0.458. The van der Waals surface area contributed by atoms with Gasteiger partial charge in [0.15, 0.2) is 0 Å². The van der Waals surface area contributed by atoms with Gasteiger partial charge in [-0.2, -0.15) is 19.2 Å². The quantitative estimate of drug-likeness (QED) is 0.835. The smallest absolute Gasteiger partial charge is 0.357 e. The lowest BCUT2D eigenvalue weighted by Gasteiger charge is -2.05. The van der Waals surface area contributed by atoms with Crippen LogP contribution in [0, 0.1) is 0 Å². The number of hydrogen-bond donors (Lipinski definition) is 2. The maximum absolute atomic E-state index is 10.4. The Kier molecular flexibility index (Phi) is 4.48. The molecule has 0 saturated heterocycles. The largest absolute Gasteiger partial charge is 0.380 e. The van der Waals surface area contributed by atoms with Gasteiger partial charge in [-0.25, -0.2) is 0 Å². The molecule has 2 rings (SSSR count).